The van der Waals surface area contributed by atoms with Crippen molar-refractivity contribution < 1.29 is 27.6 Å². The summed E-state index contributed by atoms with van der Waals surface area (Å²) in [5.41, 5.74) is -0.135. The van der Waals surface area contributed by atoms with Crippen molar-refractivity contribution in [3.63, 3.8) is 0 Å². The van der Waals surface area contributed by atoms with E-state index in [1.165, 1.54) is 0 Å². The lowest BCUT2D eigenvalue weighted by Gasteiger charge is -2.27. The number of amides is 1. The molecule has 2 heterocycles. The predicted molar refractivity (Wildman–Crippen MR) is 94.0 cm³/mol. The average molecular weight is 427 g/mol. The quantitative estimate of drug-likeness (QED) is 0.596. The van der Waals surface area contributed by atoms with Gasteiger partial charge in [0.1, 0.15) is 0 Å². The molecule has 2 aliphatic rings. The second-order valence-electron chi connectivity index (χ2n) is 7.63. The zero-order valence-corrected chi connectivity index (χ0v) is 15.4. The summed E-state index contributed by atoms with van der Waals surface area (Å²) in [6.07, 6.45) is -2.27. The number of halogens is 4. The van der Waals surface area contributed by atoms with Crippen molar-refractivity contribution in [2.45, 2.75) is 30.7 Å². The number of hydrogen-bond acceptors (Lipinski definition) is 5. The van der Waals surface area contributed by atoms with Gasteiger partial charge in [0.15, 0.2) is 5.69 Å². The first-order chi connectivity index (χ1) is 13.7. The van der Waals surface area contributed by atoms with Crippen molar-refractivity contribution in [2.24, 2.45) is 11.8 Å². The van der Waals surface area contributed by atoms with Gasteiger partial charge in [-0.3, -0.25) is 9.89 Å². The van der Waals surface area contributed by atoms with Gasteiger partial charge in [-0.05, 0) is 42.4 Å². The predicted octanol–water partition coefficient (Wildman–Crippen LogP) is 3.25. The summed E-state index contributed by atoms with van der Waals surface area (Å²) in [5, 5.41) is 25.2. The zero-order valence-electron chi connectivity index (χ0n) is 14.6. The van der Waals surface area contributed by atoms with Gasteiger partial charge in [-0.1, -0.05) is 16.8 Å². The fraction of sp³-hybridized carbons (Fsp3) is 0.389. The van der Waals surface area contributed by atoms with Crippen molar-refractivity contribution in [1.82, 2.24) is 20.7 Å². The Hall–Kier alpha value is -2.59. The molecule has 0 aliphatic heterocycles. The van der Waals surface area contributed by atoms with Gasteiger partial charge in [0.05, 0.1) is 17.3 Å². The van der Waals surface area contributed by atoms with Crippen molar-refractivity contribution in [3.8, 4) is 0 Å². The summed E-state index contributed by atoms with van der Waals surface area (Å²) in [4.78, 5) is 12.2. The van der Waals surface area contributed by atoms with Crippen LogP contribution in [-0.2, 0) is 11.8 Å². The van der Waals surface area contributed by atoms with E-state index in [0.717, 1.165) is 10.9 Å². The van der Waals surface area contributed by atoms with Gasteiger partial charge in [0, 0.05) is 22.5 Å². The molecular weight excluding hydrogens is 413 g/mol. The lowest BCUT2D eigenvalue weighted by atomic mass is 9.86. The molecule has 29 heavy (non-hydrogen) atoms. The average Bonchev–Trinajstić information content (AvgIpc) is 3.16. The van der Waals surface area contributed by atoms with Gasteiger partial charge >= 0.3 is 6.18 Å². The number of benzene rings is 1. The molecule has 3 aromatic rings. The van der Waals surface area contributed by atoms with Gasteiger partial charge in [-0.2, -0.15) is 18.3 Å². The number of hydrogen-bond donors (Lipinski definition) is 3. The Kier molecular flexibility index (Phi) is 3.79. The number of carbonyl (C=O) groups excluding carboxylic acids is 1. The van der Waals surface area contributed by atoms with Crippen molar-refractivity contribution in [3.05, 3.63) is 46.4 Å². The van der Waals surface area contributed by atoms with Crippen LogP contribution in [0.25, 0.3) is 10.9 Å². The van der Waals surface area contributed by atoms with Crippen LogP contribution < -0.4 is 5.32 Å². The maximum absolute atomic E-state index is 12.6. The fourth-order valence-corrected chi connectivity index (χ4v) is 4.66. The Morgan fingerprint density at radius 1 is 1.31 bits per heavy atom. The smallest absolute Gasteiger partial charge is 0.385 e. The summed E-state index contributed by atoms with van der Waals surface area (Å²) in [6, 6.07) is 3.78. The third-order valence-electron chi connectivity index (χ3n) is 5.82. The highest BCUT2D eigenvalue weighted by Crippen LogP contribution is 2.60. The summed E-state index contributed by atoms with van der Waals surface area (Å²) in [6.45, 7) is 0. The summed E-state index contributed by atoms with van der Waals surface area (Å²) >= 11 is 6.16. The molecule has 11 heteroatoms. The van der Waals surface area contributed by atoms with Crippen LogP contribution in [0, 0.1) is 11.8 Å². The largest absolute Gasteiger partial charge is 0.452 e. The molecule has 3 N–H and O–H groups in total. The Balaban J connectivity index is 1.29. The fourth-order valence-electron chi connectivity index (χ4n) is 4.44. The Labute approximate surface area is 166 Å². The number of aromatic nitrogens is 3. The Bertz CT molecular complexity index is 1110. The van der Waals surface area contributed by atoms with E-state index in [1.807, 2.05) is 0 Å². The van der Waals surface area contributed by atoms with E-state index in [4.69, 9.17) is 11.6 Å². The second kappa shape index (κ2) is 5.96. The molecule has 2 fully saturated rings. The number of aromatic amines is 1. The molecule has 0 spiro atoms. The third-order valence-corrected chi connectivity index (χ3v) is 6.04. The minimum absolute atomic E-state index is 0.0128. The molecule has 0 saturated heterocycles. The number of nitrogens with zero attached hydrogens (tertiary/aromatic N) is 2. The molecule has 2 aromatic heterocycles. The standard InChI is InChI=1S/C18H14ClF3N4O3/c19-7-1-11(10-6-23-25-12(10)2-7)17(28)4-8-9(5-17)15(8)24-16(27)13-3-14(29-26-13)18(20,21)22/h1-3,6,8-9,15,28H,4-5H2,(H,23,25)(H,24,27)/t8-,9+,15?,17?. The molecule has 2 saturated carbocycles. The van der Waals surface area contributed by atoms with Gasteiger partial charge in [-0.25, -0.2) is 0 Å². The molecule has 5 rings (SSSR count). The minimum Gasteiger partial charge on any atom is -0.385 e. The summed E-state index contributed by atoms with van der Waals surface area (Å²) < 4.78 is 41.9. The first-order valence-corrected chi connectivity index (χ1v) is 9.24. The van der Waals surface area contributed by atoms with E-state index >= 15 is 0 Å². The summed E-state index contributed by atoms with van der Waals surface area (Å²) in [5.74, 6) is -2.02. The molecular formula is C18H14ClF3N4O3. The first-order valence-electron chi connectivity index (χ1n) is 8.86. The van der Waals surface area contributed by atoms with E-state index < -0.39 is 29.1 Å². The minimum atomic E-state index is -4.70. The van der Waals surface area contributed by atoms with Crippen molar-refractivity contribution >= 4 is 28.4 Å². The van der Waals surface area contributed by atoms with Crippen LogP contribution in [0.3, 0.4) is 0 Å². The van der Waals surface area contributed by atoms with Crippen molar-refractivity contribution in [2.75, 3.05) is 0 Å². The van der Waals surface area contributed by atoms with Crippen LogP contribution in [-0.4, -0.2) is 32.4 Å². The van der Waals surface area contributed by atoms with Crippen LogP contribution in [0.2, 0.25) is 5.02 Å². The molecule has 1 aromatic carbocycles. The molecule has 4 atom stereocenters. The van der Waals surface area contributed by atoms with Crippen LogP contribution in [0.5, 0.6) is 0 Å². The summed E-state index contributed by atoms with van der Waals surface area (Å²) in [7, 11) is 0. The SMILES string of the molecule is O=C(NC1[C@H]2CC(O)(c3cc(Cl)cc4[nH]ncc34)C[C@@H]12)c1cc(C(F)(F)F)on1. The molecule has 0 bridgehead atoms. The third kappa shape index (κ3) is 2.98. The van der Waals surface area contributed by atoms with E-state index in [-0.39, 0.29) is 17.9 Å². The number of aliphatic hydroxyl groups is 1. The molecule has 2 aliphatic carbocycles. The second-order valence-corrected chi connectivity index (χ2v) is 8.06. The highest BCUT2D eigenvalue weighted by atomic mass is 35.5. The zero-order chi connectivity index (χ0) is 20.6. The highest BCUT2D eigenvalue weighted by Gasteiger charge is 2.62. The van der Waals surface area contributed by atoms with E-state index in [0.29, 0.717) is 29.5 Å². The van der Waals surface area contributed by atoms with Crippen LogP contribution in [0.4, 0.5) is 13.2 Å². The van der Waals surface area contributed by atoms with E-state index in [9.17, 15) is 23.1 Å². The Morgan fingerprint density at radius 3 is 2.69 bits per heavy atom. The Morgan fingerprint density at radius 2 is 2.03 bits per heavy atom. The number of nitrogens with one attached hydrogen (secondary N) is 2. The van der Waals surface area contributed by atoms with E-state index in [1.54, 1.807) is 18.3 Å². The van der Waals surface area contributed by atoms with Gasteiger partial charge < -0.3 is 14.9 Å². The first kappa shape index (κ1) is 18.4. The highest BCUT2D eigenvalue weighted by molar-refractivity contribution is 6.31. The normalized spacial score (nSPS) is 28.5. The van der Waals surface area contributed by atoms with Gasteiger partial charge in [0.25, 0.3) is 5.91 Å². The molecule has 7 nitrogen and oxygen atoms in total. The monoisotopic (exact) mass is 426 g/mol. The number of H-pyrrole nitrogens is 1. The number of alkyl halides is 3. The number of fused-ring (bicyclic) bond motifs is 2. The topological polar surface area (TPSA) is 104 Å². The number of carbonyl (C=O) groups is 1. The van der Waals surface area contributed by atoms with Gasteiger partial charge in [0.2, 0.25) is 5.76 Å². The lowest BCUT2D eigenvalue weighted by Crippen LogP contribution is -2.33. The lowest BCUT2D eigenvalue weighted by molar-refractivity contribution is -0.155. The molecule has 1 amide bonds. The maximum Gasteiger partial charge on any atom is 0.452 e. The van der Waals surface area contributed by atoms with Gasteiger partial charge in [-0.15, -0.1) is 0 Å². The van der Waals surface area contributed by atoms with Crippen LogP contribution in [0.1, 0.15) is 34.7 Å². The molecule has 2 unspecified atom stereocenters. The molecule has 152 valence electrons. The van der Waals surface area contributed by atoms with Crippen molar-refractivity contribution in [1.29, 1.82) is 0 Å². The van der Waals surface area contributed by atoms with Crippen LogP contribution >= 0.6 is 11.6 Å². The van der Waals surface area contributed by atoms with Crippen LogP contribution in [0.15, 0.2) is 28.9 Å². The van der Waals surface area contributed by atoms with E-state index in [2.05, 4.69) is 25.2 Å². The maximum atomic E-state index is 12.6. The number of rotatable bonds is 3. The molecule has 0 radical (unpaired) electrons.